The minimum absolute atomic E-state index is 0.0656. The standard InChI is InChI=1S/C14H9Cl2FO/c1-8(18)14-10(3-2-4-13(14)17)9-5-6-11(15)12(16)7-9/h2-7H,1H3. The summed E-state index contributed by atoms with van der Waals surface area (Å²) in [5, 5.41) is 0.786. The van der Waals surface area contributed by atoms with E-state index in [0.717, 1.165) is 0 Å². The SMILES string of the molecule is CC(=O)c1c(F)cccc1-c1ccc(Cl)c(Cl)c1. The first-order chi connectivity index (χ1) is 8.50. The van der Waals surface area contributed by atoms with Gasteiger partial charge in [-0.3, -0.25) is 4.79 Å². The van der Waals surface area contributed by atoms with Crippen LogP contribution in [0.15, 0.2) is 36.4 Å². The highest BCUT2D eigenvalue weighted by Crippen LogP contribution is 2.31. The Hall–Kier alpha value is -1.38. The van der Waals surface area contributed by atoms with Crippen molar-refractivity contribution in [1.29, 1.82) is 0 Å². The number of rotatable bonds is 2. The van der Waals surface area contributed by atoms with Gasteiger partial charge in [0, 0.05) is 0 Å². The summed E-state index contributed by atoms with van der Waals surface area (Å²) in [5.41, 5.74) is 1.24. The van der Waals surface area contributed by atoms with Gasteiger partial charge < -0.3 is 0 Å². The molecule has 0 radical (unpaired) electrons. The maximum absolute atomic E-state index is 13.7. The second kappa shape index (κ2) is 5.09. The van der Waals surface area contributed by atoms with Gasteiger partial charge in [0.25, 0.3) is 0 Å². The van der Waals surface area contributed by atoms with Gasteiger partial charge in [-0.25, -0.2) is 4.39 Å². The van der Waals surface area contributed by atoms with Crippen molar-refractivity contribution < 1.29 is 9.18 Å². The number of halogens is 3. The van der Waals surface area contributed by atoms with Crippen molar-refractivity contribution in [3.63, 3.8) is 0 Å². The molecule has 2 rings (SSSR count). The number of Topliss-reactive ketones (excluding diaryl/α,β-unsaturated/α-hetero) is 1. The number of carbonyl (C=O) groups excluding carboxylic acids is 1. The van der Waals surface area contributed by atoms with Gasteiger partial charge in [0.1, 0.15) is 5.82 Å². The van der Waals surface area contributed by atoms with Crippen LogP contribution in [0.1, 0.15) is 17.3 Å². The lowest BCUT2D eigenvalue weighted by Gasteiger charge is -2.09. The molecule has 0 aromatic heterocycles. The predicted molar refractivity (Wildman–Crippen MR) is 71.9 cm³/mol. The summed E-state index contributed by atoms with van der Waals surface area (Å²) >= 11 is 11.8. The van der Waals surface area contributed by atoms with Crippen molar-refractivity contribution in [3.05, 3.63) is 57.8 Å². The molecule has 0 aliphatic heterocycles. The fourth-order valence-electron chi connectivity index (χ4n) is 1.79. The fourth-order valence-corrected chi connectivity index (χ4v) is 2.08. The van der Waals surface area contributed by atoms with Crippen LogP contribution in [0.2, 0.25) is 10.0 Å². The third kappa shape index (κ3) is 2.40. The molecular formula is C14H9Cl2FO. The van der Waals surface area contributed by atoms with Gasteiger partial charge in [0.15, 0.2) is 5.78 Å². The highest BCUT2D eigenvalue weighted by Gasteiger charge is 2.14. The first-order valence-electron chi connectivity index (χ1n) is 5.25. The summed E-state index contributed by atoms with van der Waals surface area (Å²) in [6, 6.07) is 9.44. The Morgan fingerprint density at radius 2 is 1.83 bits per heavy atom. The van der Waals surface area contributed by atoms with Crippen molar-refractivity contribution in [3.8, 4) is 11.1 Å². The molecule has 0 saturated carbocycles. The molecule has 0 fully saturated rings. The minimum atomic E-state index is -0.536. The Morgan fingerprint density at radius 3 is 2.44 bits per heavy atom. The van der Waals surface area contributed by atoms with Gasteiger partial charge in [-0.2, -0.15) is 0 Å². The van der Waals surface area contributed by atoms with E-state index in [0.29, 0.717) is 21.2 Å². The van der Waals surface area contributed by atoms with E-state index < -0.39 is 5.82 Å². The molecule has 0 atom stereocenters. The number of hydrogen-bond acceptors (Lipinski definition) is 1. The Balaban J connectivity index is 2.67. The van der Waals surface area contributed by atoms with Crippen molar-refractivity contribution in [2.75, 3.05) is 0 Å². The topological polar surface area (TPSA) is 17.1 Å². The van der Waals surface area contributed by atoms with Gasteiger partial charge in [0.05, 0.1) is 15.6 Å². The summed E-state index contributed by atoms with van der Waals surface area (Å²) in [4.78, 5) is 11.5. The molecule has 18 heavy (non-hydrogen) atoms. The first-order valence-corrected chi connectivity index (χ1v) is 6.01. The molecule has 0 spiro atoms. The molecule has 92 valence electrons. The molecule has 0 N–H and O–H groups in total. The highest BCUT2D eigenvalue weighted by atomic mass is 35.5. The molecule has 2 aromatic carbocycles. The Morgan fingerprint density at radius 1 is 1.11 bits per heavy atom. The molecule has 2 aromatic rings. The molecule has 0 bridgehead atoms. The molecule has 0 heterocycles. The van der Waals surface area contributed by atoms with Crippen molar-refractivity contribution in [2.45, 2.75) is 6.92 Å². The second-order valence-corrected chi connectivity index (χ2v) is 4.66. The van der Waals surface area contributed by atoms with E-state index >= 15 is 0 Å². The van der Waals surface area contributed by atoms with E-state index in [1.807, 2.05) is 0 Å². The van der Waals surface area contributed by atoms with E-state index in [9.17, 15) is 9.18 Å². The normalized spacial score (nSPS) is 10.4. The third-order valence-electron chi connectivity index (χ3n) is 2.60. The van der Waals surface area contributed by atoms with Crippen LogP contribution in [-0.4, -0.2) is 5.78 Å². The molecule has 4 heteroatoms. The van der Waals surface area contributed by atoms with Crippen LogP contribution in [0, 0.1) is 5.82 Å². The molecule has 0 aliphatic rings. The van der Waals surface area contributed by atoms with Crippen molar-refractivity contribution in [2.24, 2.45) is 0 Å². The van der Waals surface area contributed by atoms with Crippen molar-refractivity contribution >= 4 is 29.0 Å². The lowest BCUT2D eigenvalue weighted by atomic mass is 9.97. The van der Waals surface area contributed by atoms with Crippen LogP contribution in [0.25, 0.3) is 11.1 Å². The highest BCUT2D eigenvalue weighted by molar-refractivity contribution is 6.42. The molecule has 0 amide bonds. The van der Waals surface area contributed by atoms with Crippen LogP contribution in [0.4, 0.5) is 4.39 Å². The molecule has 1 nitrogen and oxygen atoms in total. The van der Waals surface area contributed by atoms with Gasteiger partial charge in [-0.15, -0.1) is 0 Å². The summed E-state index contributed by atoms with van der Waals surface area (Å²) < 4.78 is 13.7. The summed E-state index contributed by atoms with van der Waals surface area (Å²) in [7, 11) is 0. The average molecular weight is 283 g/mol. The number of benzene rings is 2. The monoisotopic (exact) mass is 282 g/mol. The van der Waals surface area contributed by atoms with Crippen LogP contribution in [0.5, 0.6) is 0 Å². The number of carbonyl (C=O) groups is 1. The zero-order valence-electron chi connectivity index (χ0n) is 9.51. The predicted octanol–water partition coefficient (Wildman–Crippen LogP) is 5.00. The smallest absolute Gasteiger partial charge is 0.163 e. The Kier molecular flexibility index (Phi) is 3.69. The first kappa shape index (κ1) is 13.1. The number of hydrogen-bond donors (Lipinski definition) is 0. The van der Waals surface area contributed by atoms with Crippen LogP contribution in [-0.2, 0) is 0 Å². The van der Waals surface area contributed by atoms with Gasteiger partial charge in [0.2, 0.25) is 0 Å². The fraction of sp³-hybridized carbons (Fsp3) is 0.0714. The molecule has 0 unspecified atom stereocenters. The minimum Gasteiger partial charge on any atom is -0.294 e. The summed E-state index contributed by atoms with van der Waals surface area (Å²) in [6.45, 7) is 1.33. The third-order valence-corrected chi connectivity index (χ3v) is 3.34. The van der Waals surface area contributed by atoms with Gasteiger partial charge in [-0.1, -0.05) is 41.4 Å². The Bertz CT molecular complexity index is 623. The van der Waals surface area contributed by atoms with E-state index in [2.05, 4.69) is 0 Å². The summed E-state index contributed by atoms with van der Waals surface area (Å²) in [6.07, 6.45) is 0. The maximum Gasteiger partial charge on any atom is 0.163 e. The van der Waals surface area contributed by atoms with Crippen LogP contribution < -0.4 is 0 Å². The summed E-state index contributed by atoms with van der Waals surface area (Å²) in [5.74, 6) is -0.861. The van der Waals surface area contributed by atoms with Gasteiger partial charge in [-0.05, 0) is 36.2 Å². The largest absolute Gasteiger partial charge is 0.294 e. The lowest BCUT2D eigenvalue weighted by molar-refractivity contribution is 0.101. The zero-order chi connectivity index (χ0) is 13.3. The second-order valence-electron chi connectivity index (χ2n) is 3.85. The quantitative estimate of drug-likeness (QED) is 0.709. The zero-order valence-corrected chi connectivity index (χ0v) is 11.0. The molecule has 0 aliphatic carbocycles. The maximum atomic E-state index is 13.7. The lowest BCUT2D eigenvalue weighted by Crippen LogP contribution is -2.00. The van der Waals surface area contributed by atoms with Crippen LogP contribution >= 0.6 is 23.2 Å². The van der Waals surface area contributed by atoms with E-state index in [-0.39, 0.29) is 11.3 Å². The van der Waals surface area contributed by atoms with Crippen LogP contribution in [0.3, 0.4) is 0 Å². The van der Waals surface area contributed by atoms with E-state index in [1.165, 1.54) is 13.0 Å². The molecule has 0 saturated heterocycles. The Labute approximate surface area is 114 Å². The van der Waals surface area contributed by atoms with E-state index in [4.69, 9.17) is 23.2 Å². The number of ketones is 1. The average Bonchev–Trinajstić information content (AvgIpc) is 2.32. The molecular weight excluding hydrogens is 274 g/mol. The van der Waals surface area contributed by atoms with Crippen molar-refractivity contribution in [1.82, 2.24) is 0 Å². The van der Waals surface area contributed by atoms with Gasteiger partial charge >= 0.3 is 0 Å². The van der Waals surface area contributed by atoms with E-state index in [1.54, 1.807) is 30.3 Å².